The number of ether oxygens (including phenoxy) is 2. The summed E-state index contributed by atoms with van der Waals surface area (Å²) >= 11 is 0. The summed E-state index contributed by atoms with van der Waals surface area (Å²) in [6.07, 6.45) is 1.96. The van der Waals surface area contributed by atoms with E-state index in [1.807, 2.05) is 12.1 Å². The first kappa shape index (κ1) is 21.3. The molecule has 0 bridgehead atoms. The molecular weight excluding hydrogens is 334 g/mol. The van der Waals surface area contributed by atoms with Gasteiger partial charge in [0, 0.05) is 5.54 Å². The average Bonchev–Trinajstić information content (AvgIpc) is 2.61. The van der Waals surface area contributed by atoms with Crippen LogP contribution in [-0.4, -0.2) is 25.8 Å². The molecule has 3 nitrogen and oxygen atoms in total. The van der Waals surface area contributed by atoms with Crippen molar-refractivity contribution in [2.24, 2.45) is 0 Å². The quantitative estimate of drug-likeness (QED) is 0.603. The summed E-state index contributed by atoms with van der Waals surface area (Å²) < 4.78 is 11.1. The molecule has 0 unspecified atom stereocenters. The molecule has 0 saturated heterocycles. The van der Waals surface area contributed by atoms with E-state index in [4.69, 9.17) is 9.47 Å². The summed E-state index contributed by atoms with van der Waals surface area (Å²) in [6, 6.07) is 16.8. The lowest BCUT2D eigenvalue weighted by Gasteiger charge is -2.26. The van der Waals surface area contributed by atoms with E-state index >= 15 is 0 Å². The maximum atomic E-state index is 5.88. The van der Waals surface area contributed by atoms with Gasteiger partial charge in [-0.2, -0.15) is 0 Å². The fourth-order valence-corrected chi connectivity index (χ4v) is 3.06. The standard InChI is InChI=1S/C24H35NO2/c1-23(2,3)20-10-14-22(15-11-20)27-17-7-16-25-24(4,5)18-19-8-12-21(26-6)13-9-19/h8-15,25H,7,16-18H2,1-6H3. The topological polar surface area (TPSA) is 30.5 Å². The second-order valence-electron chi connectivity index (χ2n) is 8.81. The number of hydrogen-bond donors (Lipinski definition) is 1. The van der Waals surface area contributed by atoms with Crippen molar-refractivity contribution in [1.29, 1.82) is 0 Å². The predicted octanol–water partition coefficient (Wildman–Crippen LogP) is 5.37. The molecule has 0 radical (unpaired) electrons. The summed E-state index contributed by atoms with van der Waals surface area (Å²) in [5, 5.41) is 3.64. The highest BCUT2D eigenvalue weighted by molar-refractivity contribution is 5.31. The Bertz CT molecular complexity index is 682. The van der Waals surface area contributed by atoms with Crippen molar-refractivity contribution in [2.45, 2.75) is 58.4 Å². The van der Waals surface area contributed by atoms with Crippen LogP contribution in [0.1, 0.15) is 52.2 Å². The lowest BCUT2D eigenvalue weighted by molar-refractivity contribution is 0.293. The van der Waals surface area contributed by atoms with Crippen molar-refractivity contribution in [3.8, 4) is 11.5 Å². The van der Waals surface area contributed by atoms with Gasteiger partial charge in [0.15, 0.2) is 0 Å². The molecule has 0 aromatic heterocycles. The van der Waals surface area contributed by atoms with Crippen LogP contribution in [0.5, 0.6) is 11.5 Å². The molecule has 148 valence electrons. The first-order chi connectivity index (χ1) is 12.7. The monoisotopic (exact) mass is 369 g/mol. The molecule has 0 aliphatic rings. The van der Waals surface area contributed by atoms with Crippen LogP contribution in [-0.2, 0) is 11.8 Å². The maximum absolute atomic E-state index is 5.88. The van der Waals surface area contributed by atoms with Crippen LogP contribution in [0.4, 0.5) is 0 Å². The van der Waals surface area contributed by atoms with Crippen LogP contribution >= 0.6 is 0 Å². The van der Waals surface area contributed by atoms with Gasteiger partial charge in [-0.25, -0.2) is 0 Å². The van der Waals surface area contributed by atoms with E-state index in [0.29, 0.717) is 0 Å². The first-order valence-electron chi connectivity index (χ1n) is 9.81. The maximum Gasteiger partial charge on any atom is 0.119 e. The summed E-state index contributed by atoms with van der Waals surface area (Å²) in [5.74, 6) is 1.85. The van der Waals surface area contributed by atoms with Gasteiger partial charge in [-0.05, 0) is 74.0 Å². The summed E-state index contributed by atoms with van der Waals surface area (Å²) in [6.45, 7) is 12.8. The van der Waals surface area contributed by atoms with Gasteiger partial charge in [-0.1, -0.05) is 45.0 Å². The molecule has 1 N–H and O–H groups in total. The first-order valence-corrected chi connectivity index (χ1v) is 9.81. The minimum Gasteiger partial charge on any atom is -0.497 e. The Morgan fingerprint density at radius 2 is 1.41 bits per heavy atom. The van der Waals surface area contributed by atoms with E-state index in [1.165, 1.54) is 11.1 Å². The molecule has 0 aliphatic carbocycles. The molecule has 3 heteroatoms. The highest BCUT2D eigenvalue weighted by Gasteiger charge is 2.17. The van der Waals surface area contributed by atoms with E-state index in [1.54, 1.807) is 7.11 Å². The number of nitrogens with one attached hydrogen (secondary N) is 1. The highest BCUT2D eigenvalue weighted by atomic mass is 16.5. The molecule has 0 heterocycles. The third-order valence-electron chi connectivity index (χ3n) is 4.72. The number of rotatable bonds is 9. The van der Waals surface area contributed by atoms with Crippen molar-refractivity contribution >= 4 is 0 Å². The summed E-state index contributed by atoms with van der Waals surface area (Å²) in [5.41, 5.74) is 2.86. The molecule has 0 spiro atoms. The zero-order valence-corrected chi connectivity index (χ0v) is 17.8. The molecule has 0 saturated carbocycles. The molecule has 0 atom stereocenters. The van der Waals surface area contributed by atoms with Gasteiger partial charge in [0.1, 0.15) is 11.5 Å². The average molecular weight is 370 g/mol. The van der Waals surface area contributed by atoms with Gasteiger partial charge in [-0.3, -0.25) is 0 Å². The Labute approximate surface area is 165 Å². The van der Waals surface area contributed by atoms with E-state index in [2.05, 4.69) is 76.3 Å². The minimum atomic E-state index is 0.0446. The summed E-state index contributed by atoms with van der Waals surface area (Å²) in [7, 11) is 1.70. The Morgan fingerprint density at radius 3 is 1.96 bits per heavy atom. The third kappa shape index (κ3) is 7.26. The molecule has 2 aromatic carbocycles. The van der Waals surface area contributed by atoms with E-state index in [9.17, 15) is 0 Å². The van der Waals surface area contributed by atoms with Crippen molar-refractivity contribution in [3.05, 3.63) is 59.7 Å². The van der Waals surface area contributed by atoms with Crippen molar-refractivity contribution in [1.82, 2.24) is 5.32 Å². The third-order valence-corrected chi connectivity index (χ3v) is 4.72. The molecule has 0 aliphatic heterocycles. The van der Waals surface area contributed by atoms with Gasteiger partial charge < -0.3 is 14.8 Å². The van der Waals surface area contributed by atoms with Gasteiger partial charge in [0.25, 0.3) is 0 Å². The smallest absolute Gasteiger partial charge is 0.119 e. The second kappa shape index (κ2) is 9.27. The van der Waals surface area contributed by atoms with Crippen LogP contribution < -0.4 is 14.8 Å². The van der Waals surface area contributed by atoms with Crippen LogP contribution in [0.2, 0.25) is 0 Å². The molecule has 27 heavy (non-hydrogen) atoms. The zero-order valence-electron chi connectivity index (χ0n) is 17.8. The zero-order chi connectivity index (χ0) is 19.9. The van der Waals surface area contributed by atoms with Gasteiger partial charge in [-0.15, -0.1) is 0 Å². The molecule has 2 aromatic rings. The Balaban J connectivity index is 1.70. The van der Waals surface area contributed by atoms with Crippen molar-refractivity contribution in [2.75, 3.05) is 20.3 Å². The lowest BCUT2D eigenvalue weighted by atomic mass is 9.87. The highest BCUT2D eigenvalue weighted by Crippen LogP contribution is 2.24. The molecule has 0 fully saturated rings. The lowest BCUT2D eigenvalue weighted by Crippen LogP contribution is -2.42. The SMILES string of the molecule is COc1ccc(CC(C)(C)NCCCOc2ccc(C(C)(C)C)cc2)cc1. The van der Waals surface area contributed by atoms with Gasteiger partial charge in [0.05, 0.1) is 13.7 Å². The van der Waals surface area contributed by atoms with E-state index in [-0.39, 0.29) is 11.0 Å². The molecule has 0 amide bonds. The second-order valence-corrected chi connectivity index (χ2v) is 8.81. The molecule has 2 rings (SSSR count). The fraction of sp³-hybridized carbons (Fsp3) is 0.500. The van der Waals surface area contributed by atoms with E-state index in [0.717, 1.165) is 37.5 Å². The largest absolute Gasteiger partial charge is 0.497 e. The van der Waals surface area contributed by atoms with E-state index < -0.39 is 0 Å². The van der Waals surface area contributed by atoms with Crippen LogP contribution in [0.15, 0.2) is 48.5 Å². The Kier molecular flexibility index (Phi) is 7.32. The van der Waals surface area contributed by atoms with Crippen molar-refractivity contribution in [3.63, 3.8) is 0 Å². The predicted molar refractivity (Wildman–Crippen MR) is 114 cm³/mol. The van der Waals surface area contributed by atoms with Crippen LogP contribution in [0, 0.1) is 0 Å². The van der Waals surface area contributed by atoms with Gasteiger partial charge in [0.2, 0.25) is 0 Å². The Morgan fingerprint density at radius 1 is 0.815 bits per heavy atom. The number of hydrogen-bond acceptors (Lipinski definition) is 3. The Hall–Kier alpha value is -2.00. The number of benzene rings is 2. The van der Waals surface area contributed by atoms with Crippen LogP contribution in [0.3, 0.4) is 0 Å². The van der Waals surface area contributed by atoms with Gasteiger partial charge >= 0.3 is 0 Å². The number of methoxy groups -OCH3 is 1. The normalized spacial score (nSPS) is 12.1. The fourth-order valence-electron chi connectivity index (χ4n) is 3.06. The molecular formula is C24H35NO2. The van der Waals surface area contributed by atoms with Crippen molar-refractivity contribution < 1.29 is 9.47 Å². The minimum absolute atomic E-state index is 0.0446. The summed E-state index contributed by atoms with van der Waals surface area (Å²) in [4.78, 5) is 0. The van der Waals surface area contributed by atoms with Crippen LogP contribution in [0.25, 0.3) is 0 Å².